The Morgan fingerprint density at radius 3 is 2.69 bits per heavy atom. The Morgan fingerprint density at radius 2 is 2.06 bits per heavy atom. The molecule has 4 rings (SSSR count). The van der Waals surface area contributed by atoms with Crippen LogP contribution >= 0.6 is 0 Å². The van der Waals surface area contributed by atoms with Gasteiger partial charge in [0.05, 0.1) is 20.8 Å². The largest absolute Gasteiger partial charge is 0.497 e. The van der Waals surface area contributed by atoms with E-state index in [1.165, 1.54) is 31.0 Å². The van der Waals surface area contributed by atoms with E-state index in [0.717, 1.165) is 5.39 Å². The van der Waals surface area contributed by atoms with E-state index in [4.69, 9.17) is 4.74 Å². The molecule has 3 N–H and O–H groups in total. The molecule has 1 aliphatic rings. The molecule has 1 aromatic carbocycles. The number of nitrogens with one attached hydrogen (secondary N) is 2. The summed E-state index contributed by atoms with van der Waals surface area (Å²) in [5.41, 5.74) is -1.11. The number of hydrogen-bond donors (Lipinski definition) is 3. The Hall–Kier alpha value is -4.52. The minimum absolute atomic E-state index is 0.0990. The summed E-state index contributed by atoms with van der Waals surface area (Å²) in [6.45, 7) is -0.145. The van der Waals surface area contributed by atoms with Crippen LogP contribution in [-0.2, 0) is 16.1 Å². The van der Waals surface area contributed by atoms with Crippen LogP contribution in [0.4, 0.5) is 4.79 Å². The van der Waals surface area contributed by atoms with Crippen molar-refractivity contribution >= 4 is 28.7 Å². The van der Waals surface area contributed by atoms with Gasteiger partial charge >= 0.3 is 12.0 Å². The highest BCUT2D eigenvalue weighted by Gasteiger charge is 2.46. The van der Waals surface area contributed by atoms with Gasteiger partial charge in [0.1, 0.15) is 11.4 Å². The number of amides is 3. The lowest BCUT2D eigenvalue weighted by Crippen LogP contribution is -2.49. The Labute approximate surface area is 182 Å². The van der Waals surface area contributed by atoms with E-state index in [2.05, 4.69) is 32.2 Å². The summed E-state index contributed by atoms with van der Waals surface area (Å²) in [6.07, 6.45) is 3.01. The quantitative estimate of drug-likeness (QED) is 0.319. The summed E-state index contributed by atoms with van der Waals surface area (Å²) in [5.74, 6) is 4.82. The number of aromatic nitrogens is 2. The van der Waals surface area contributed by atoms with E-state index >= 15 is 0 Å². The van der Waals surface area contributed by atoms with Crippen LogP contribution in [-0.4, -0.2) is 52.3 Å². The Kier molecular flexibility index (Phi) is 5.16. The molecule has 3 aromatic rings. The molecule has 1 fully saturated rings. The minimum atomic E-state index is -1.63. The summed E-state index contributed by atoms with van der Waals surface area (Å²) < 4.78 is 11.2. The second-order valence-corrected chi connectivity index (χ2v) is 7.02. The highest BCUT2D eigenvalue weighted by molar-refractivity contribution is 6.09. The number of imide groups is 1. The van der Waals surface area contributed by atoms with Crippen LogP contribution in [0.1, 0.15) is 16.1 Å². The van der Waals surface area contributed by atoms with Crippen molar-refractivity contribution in [2.24, 2.45) is 0 Å². The first-order valence-corrected chi connectivity index (χ1v) is 9.42. The highest BCUT2D eigenvalue weighted by Crippen LogP contribution is 2.31. The number of methoxy groups -OCH3 is 2. The van der Waals surface area contributed by atoms with Gasteiger partial charge in [-0.25, -0.2) is 14.6 Å². The number of urea groups is 1. The molecule has 162 valence electrons. The minimum Gasteiger partial charge on any atom is -0.497 e. The van der Waals surface area contributed by atoms with Gasteiger partial charge in [0.15, 0.2) is 5.88 Å². The van der Waals surface area contributed by atoms with Crippen LogP contribution in [0, 0.1) is 11.8 Å². The van der Waals surface area contributed by atoms with E-state index in [-0.39, 0.29) is 18.1 Å². The molecule has 1 atom stereocenters. The Bertz CT molecular complexity index is 1300. The SMILES string of the molecule is COC(=O)c1ccc(C#C[C@]2(Cn3cc4ccc(OC)cc4c3O)NC(=O)NC2=O)cn1. The summed E-state index contributed by atoms with van der Waals surface area (Å²) in [7, 11) is 2.77. The zero-order chi connectivity index (χ0) is 22.9. The predicted octanol–water partition coefficient (Wildman–Crippen LogP) is 1.17. The van der Waals surface area contributed by atoms with E-state index in [1.807, 2.05) is 0 Å². The van der Waals surface area contributed by atoms with E-state index in [9.17, 15) is 19.5 Å². The van der Waals surface area contributed by atoms with Gasteiger partial charge in [-0.3, -0.25) is 10.1 Å². The van der Waals surface area contributed by atoms with Crippen LogP contribution < -0.4 is 15.4 Å². The Morgan fingerprint density at radius 1 is 1.25 bits per heavy atom. The van der Waals surface area contributed by atoms with Crippen molar-refractivity contribution < 1.29 is 29.0 Å². The molecule has 0 unspecified atom stereocenters. The normalized spacial score (nSPS) is 17.3. The van der Waals surface area contributed by atoms with Gasteiger partial charge in [0.2, 0.25) is 5.54 Å². The fourth-order valence-corrected chi connectivity index (χ4v) is 3.33. The van der Waals surface area contributed by atoms with Gasteiger partial charge in [-0.1, -0.05) is 11.8 Å². The lowest BCUT2D eigenvalue weighted by molar-refractivity contribution is -0.122. The molecular formula is C22H18N4O6. The molecule has 10 nitrogen and oxygen atoms in total. The summed E-state index contributed by atoms with van der Waals surface area (Å²) >= 11 is 0. The van der Waals surface area contributed by atoms with Crippen LogP contribution in [0.15, 0.2) is 42.7 Å². The van der Waals surface area contributed by atoms with Gasteiger partial charge in [-0.15, -0.1) is 0 Å². The van der Waals surface area contributed by atoms with Crippen molar-refractivity contribution in [3.8, 4) is 23.5 Å². The molecule has 0 aliphatic carbocycles. The number of carbonyl (C=O) groups is 3. The standard InChI is InChI=1S/C22H18N4O6/c1-31-15-5-4-14-11-26(18(27)16(14)9-15)12-22(20(29)24-21(30)25-22)8-7-13-3-6-17(23-10-13)19(28)32-2/h3-6,9-11,27H,12H2,1-2H3,(H2,24,25,29,30)/t22-/m1/s1. The molecule has 0 spiro atoms. The van der Waals surface area contributed by atoms with Crippen molar-refractivity contribution in [1.82, 2.24) is 20.2 Å². The molecule has 1 saturated heterocycles. The number of fused-ring (bicyclic) bond motifs is 1. The second-order valence-electron chi connectivity index (χ2n) is 7.02. The third-order valence-electron chi connectivity index (χ3n) is 5.00. The van der Waals surface area contributed by atoms with Gasteiger partial charge in [0.25, 0.3) is 5.91 Å². The van der Waals surface area contributed by atoms with Crippen molar-refractivity contribution in [2.45, 2.75) is 12.1 Å². The topological polar surface area (TPSA) is 132 Å². The fraction of sp³-hybridized carbons (Fsp3) is 0.182. The second kappa shape index (κ2) is 7.96. The Balaban J connectivity index is 1.70. The average Bonchev–Trinajstić information content (AvgIpc) is 3.26. The fourth-order valence-electron chi connectivity index (χ4n) is 3.33. The molecule has 32 heavy (non-hydrogen) atoms. The average molecular weight is 434 g/mol. The van der Waals surface area contributed by atoms with Crippen LogP contribution in [0.2, 0.25) is 0 Å². The molecule has 2 aromatic heterocycles. The van der Waals surface area contributed by atoms with Crippen LogP contribution in [0.25, 0.3) is 10.8 Å². The number of hydrogen-bond acceptors (Lipinski definition) is 7. The molecule has 0 radical (unpaired) electrons. The zero-order valence-corrected chi connectivity index (χ0v) is 17.1. The maximum absolute atomic E-state index is 12.7. The van der Waals surface area contributed by atoms with Crippen molar-refractivity contribution in [3.63, 3.8) is 0 Å². The molecule has 10 heteroatoms. The molecule has 3 heterocycles. The number of ether oxygens (including phenoxy) is 2. The van der Waals surface area contributed by atoms with Gasteiger partial charge in [-0.2, -0.15) is 0 Å². The first-order chi connectivity index (χ1) is 15.3. The summed E-state index contributed by atoms with van der Waals surface area (Å²) in [4.78, 5) is 40.0. The van der Waals surface area contributed by atoms with E-state index in [0.29, 0.717) is 16.7 Å². The number of carbonyl (C=O) groups excluding carboxylic acids is 3. The summed E-state index contributed by atoms with van der Waals surface area (Å²) in [6, 6.07) is 7.47. The number of rotatable bonds is 4. The van der Waals surface area contributed by atoms with E-state index in [1.54, 1.807) is 30.5 Å². The highest BCUT2D eigenvalue weighted by atomic mass is 16.5. The number of esters is 1. The maximum Gasteiger partial charge on any atom is 0.356 e. The van der Waals surface area contributed by atoms with Crippen molar-refractivity contribution in [2.75, 3.05) is 14.2 Å². The van der Waals surface area contributed by atoms with Crippen molar-refractivity contribution in [1.29, 1.82) is 0 Å². The number of nitrogens with zero attached hydrogens (tertiary/aromatic N) is 2. The number of pyridine rings is 1. The molecule has 0 saturated carbocycles. The van der Waals surface area contributed by atoms with Crippen molar-refractivity contribution in [3.05, 3.63) is 54.0 Å². The van der Waals surface area contributed by atoms with Crippen LogP contribution in [0.3, 0.4) is 0 Å². The van der Waals surface area contributed by atoms with Crippen LogP contribution in [0.5, 0.6) is 11.6 Å². The number of aromatic hydroxyl groups is 1. The molecule has 1 aliphatic heterocycles. The monoisotopic (exact) mass is 434 g/mol. The molecular weight excluding hydrogens is 416 g/mol. The maximum atomic E-state index is 12.7. The predicted molar refractivity (Wildman–Crippen MR) is 112 cm³/mol. The van der Waals surface area contributed by atoms with Gasteiger partial charge in [0, 0.05) is 28.7 Å². The van der Waals surface area contributed by atoms with Gasteiger partial charge in [-0.05, 0) is 30.3 Å². The third kappa shape index (κ3) is 3.67. The zero-order valence-electron chi connectivity index (χ0n) is 17.1. The first kappa shape index (κ1) is 20.7. The first-order valence-electron chi connectivity index (χ1n) is 9.42. The number of benzene rings is 1. The van der Waals surface area contributed by atoms with E-state index < -0.39 is 23.4 Å². The third-order valence-corrected chi connectivity index (χ3v) is 5.00. The molecule has 0 bridgehead atoms. The van der Waals surface area contributed by atoms with Gasteiger partial charge < -0.3 is 24.5 Å². The lowest BCUT2D eigenvalue weighted by Gasteiger charge is -2.20. The summed E-state index contributed by atoms with van der Waals surface area (Å²) in [5, 5.41) is 16.7. The smallest absolute Gasteiger partial charge is 0.356 e. The lowest BCUT2D eigenvalue weighted by atomic mass is 10.00. The molecule has 3 amide bonds.